The van der Waals surface area contributed by atoms with E-state index in [0.29, 0.717) is 6.54 Å². The van der Waals surface area contributed by atoms with Crippen LogP contribution in [-0.4, -0.2) is 54.1 Å². The summed E-state index contributed by atoms with van der Waals surface area (Å²) in [6.07, 6.45) is -0.747. The highest BCUT2D eigenvalue weighted by atomic mass is 16.6. The molecule has 10 nitrogen and oxygen atoms in total. The van der Waals surface area contributed by atoms with Crippen molar-refractivity contribution in [3.8, 4) is 5.75 Å². The predicted molar refractivity (Wildman–Crippen MR) is 141 cm³/mol. The Kier molecular flexibility index (Phi) is 9.38. The van der Waals surface area contributed by atoms with E-state index in [2.05, 4.69) is 10.6 Å². The van der Waals surface area contributed by atoms with E-state index in [1.165, 1.54) is 29.2 Å². The molecular weight excluding hydrogens is 488 g/mol. The van der Waals surface area contributed by atoms with Crippen molar-refractivity contribution in [1.29, 1.82) is 0 Å². The molecule has 3 aromatic rings. The Morgan fingerprint density at radius 1 is 0.974 bits per heavy atom. The zero-order valence-electron chi connectivity index (χ0n) is 20.8. The van der Waals surface area contributed by atoms with Gasteiger partial charge in [-0.3, -0.25) is 19.8 Å². The average Bonchev–Trinajstić information content (AvgIpc) is 2.95. The molecule has 4 rings (SSSR count). The third-order valence-electron chi connectivity index (χ3n) is 6.19. The maximum Gasteiger partial charge on any atom is 0.415 e. The smallest absolute Gasteiger partial charge is 0.415 e. The van der Waals surface area contributed by atoms with Crippen molar-refractivity contribution in [2.75, 3.05) is 26.2 Å². The van der Waals surface area contributed by atoms with Crippen LogP contribution in [0.4, 0.5) is 10.5 Å². The lowest BCUT2D eigenvalue weighted by Gasteiger charge is -2.35. The van der Waals surface area contributed by atoms with Crippen LogP contribution in [0.25, 0.3) is 0 Å². The molecule has 38 heavy (non-hydrogen) atoms. The van der Waals surface area contributed by atoms with Gasteiger partial charge in [-0.2, -0.15) is 0 Å². The van der Waals surface area contributed by atoms with Crippen molar-refractivity contribution in [2.45, 2.75) is 25.1 Å². The number of benzene rings is 3. The summed E-state index contributed by atoms with van der Waals surface area (Å²) < 4.78 is 11.2. The van der Waals surface area contributed by atoms with Crippen molar-refractivity contribution in [2.24, 2.45) is 0 Å². The number of carbonyl (C=O) groups is 2. The molecule has 0 spiro atoms. The molecule has 1 amide bonds. The Bertz CT molecular complexity index is 1200. The first-order chi connectivity index (χ1) is 18.5. The molecule has 1 fully saturated rings. The molecule has 3 aromatic carbocycles. The minimum absolute atomic E-state index is 0.0697. The highest BCUT2D eigenvalue weighted by molar-refractivity contribution is 5.75. The molecule has 0 aliphatic carbocycles. The fourth-order valence-electron chi connectivity index (χ4n) is 4.24. The summed E-state index contributed by atoms with van der Waals surface area (Å²) in [6.45, 7) is 2.59. The summed E-state index contributed by atoms with van der Waals surface area (Å²) in [7, 11) is 0. The number of carbonyl (C=O) groups excluding carboxylic acids is 2. The first-order valence-electron chi connectivity index (χ1n) is 12.4. The van der Waals surface area contributed by atoms with Crippen molar-refractivity contribution in [3.05, 3.63) is 106 Å². The largest absolute Gasteiger partial charge is 0.461 e. The number of hydrogen-bond donors (Lipinski definition) is 2. The molecular formula is C28H30N4O6. The van der Waals surface area contributed by atoms with Crippen LogP contribution in [0.5, 0.6) is 5.75 Å². The first-order valence-corrected chi connectivity index (χ1v) is 12.4. The number of non-ortho nitro benzene ring substituents is 1. The van der Waals surface area contributed by atoms with Gasteiger partial charge in [-0.25, -0.2) is 4.79 Å². The van der Waals surface area contributed by atoms with Gasteiger partial charge in [0.1, 0.15) is 12.4 Å². The number of nitro benzene ring substituents is 1. The normalized spacial score (nSPS) is 15.7. The number of rotatable bonds is 10. The highest BCUT2D eigenvalue weighted by Gasteiger charge is 2.32. The van der Waals surface area contributed by atoms with Crippen molar-refractivity contribution < 1.29 is 24.0 Å². The topological polar surface area (TPSA) is 123 Å². The molecule has 1 aliphatic rings. The van der Waals surface area contributed by atoms with Crippen molar-refractivity contribution >= 4 is 17.7 Å². The van der Waals surface area contributed by atoms with E-state index in [4.69, 9.17) is 9.47 Å². The fraction of sp³-hybridized carbons (Fsp3) is 0.286. The Morgan fingerprint density at radius 2 is 1.66 bits per heavy atom. The molecule has 1 saturated heterocycles. The third-order valence-corrected chi connectivity index (χ3v) is 6.19. The van der Waals surface area contributed by atoms with E-state index in [0.717, 1.165) is 24.2 Å². The fourth-order valence-corrected chi connectivity index (χ4v) is 4.24. The van der Waals surface area contributed by atoms with Crippen LogP contribution in [-0.2, 0) is 16.1 Å². The molecule has 1 aliphatic heterocycles. The second-order valence-electron chi connectivity index (χ2n) is 8.90. The zero-order chi connectivity index (χ0) is 26.7. The summed E-state index contributed by atoms with van der Waals surface area (Å²) in [5, 5.41) is 17.7. The number of hydrogen-bond acceptors (Lipinski definition) is 8. The van der Waals surface area contributed by atoms with Crippen molar-refractivity contribution in [1.82, 2.24) is 15.5 Å². The molecule has 1 unspecified atom stereocenters. The lowest BCUT2D eigenvalue weighted by atomic mass is 10.0. The summed E-state index contributed by atoms with van der Waals surface area (Å²) in [4.78, 5) is 38.5. The Labute approximate surface area is 220 Å². The maximum absolute atomic E-state index is 13.6. The molecule has 1 heterocycles. The summed E-state index contributed by atoms with van der Waals surface area (Å²) >= 11 is 0. The molecule has 0 radical (unpaired) electrons. The molecule has 0 bridgehead atoms. The Balaban J connectivity index is 1.56. The Hall–Kier alpha value is -4.28. The lowest BCUT2D eigenvalue weighted by Crippen LogP contribution is -2.55. The molecule has 0 aromatic heterocycles. The molecule has 198 valence electrons. The molecule has 10 heteroatoms. The molecule has 2 N–H and O–H groups in total. The van der Waals surface area contributed by atoms with Gasteiger partial charge in [-0.15, -0.1) is 0 Å². The van der Waals surface area contributed by atoms with Gasteiger partial charge in [-0.05, 0) is 23.3 Å². The monoisotopic (exact) mass is 518 g/mol. The van der Waals surface area contributed by atoms with Gasteiger partial charge in [0.25, 0.3) is 5.69 Å². The lowest BCUT2D eigenvalue weighted by molar-refractivity contribution is -0.384. The van der Waals surface area contributed by atoms with Crippen LogP contribution in [0.15, 0.2) is 84.9 Å². The summed E-state index contributed by atoms with van der Waals surface area (Å²) in [5.41, 5.74) is 1.51. The van der Waals surface area contributed by atoms with Gasteiger partial charge in [0.15, 0.2) is 0 Å². The number of esters is 1. The van der Waals surface area contributed by atoms with Crippen LogP contribution in [0.2, 0.25) is 0 Å². The summed E-state index contributed by atoms with van der Waals surface area (Å²) in [5.74, 6) is -0.288. The number of nitrogens with zero attached hydrogens (tertiary/aromatic N) is 2. The van der Waals surface area contributed by atoms with Gasteiger partial charge in [-0.1, -0.05) is 60.7 Å². The number of nitro groups is 1. The van der Waals surface area contributed by atoms with Crippen molar-refractivity contribution in [3.63, 3.8) is 0 Å². The minimum atomic E-state index is -0.670. The second kappa shape index (κ2) is 13.3. The van der Waals surface area contributed by atoms with Crippen LogP contribution in [0.3, 0.4) is 0 Å². The van der Waals surface area contributed by atoms with E-state index >= 15 is 0 Å². The van der Waals surface area contributed by atoms with Crippen LogP contribution >= 0.6 is 0 Å². The number of piperazine rings is 1. The average molecular weight is 519 g/mol. The Morgan fingerprint density at radius 3 is 2.29 bits per heavy atom. The van der Waals surface area contributed by atoms with E-state index < -0.39 is 23.0 Å². The van der Waals surface area contributed by atoms with Crippen LogP contribution in [0, 0.1) is 10.1 Å². The van der Waals surface area contributed by atoms with Gasteiger partial charge >= 0.3 is 12.1 Å². The maximum atomic E-state index is 13.6. The summed E-state index contributed by atoms with van der Waals surface area (Å²) in [6, 6.07) is 23.2. The minimum Gasteiger partial charge on any atom is -0.461 e. The zero-order valence-corrected chi connectivity index (χ0v) is 20.8. The highest BCUT2D eigenvalue weighted by Crippen LogP contribution is 2.28. The number of amides is 1. The number of ether oxygens (including phenoxy) is 2. The van der Waals surface area contributed by atoms with Gasteiger partial charge in [0, 0.05) is 44.4 Å². The van der Waals surface area contributed by atoms with Crippen LogP contribution in [0.1, 0.15) is 23.6 Å². The van der Waals surface area contributed by atoms with E-state index in [-0.39, 0.29) is 37.1 Å². The van der Waals surface area contributed by atoms with Gasteiger partial charge in [0.2, 0.25) is 0 Å². The second-order valence-corrected chi connectivity index (χ2v) is 8.90. The van der Waals surface area contributed by atoms with Gasteiger partial charge < -0.3 is 20.1 Å². The standard InChI is InChI=1S/C28H30N4O6/c33-27(37-20-21-7-3-1-4-8-21)17-26(22-9-5-2-6-10-22)31(19-23-18-29-15-16-30-23)28(34)38-25-13-11-24(12-14-25)32(35)36/h1-14,23,26,29-30H,15-20H2/t23-,26?/m0/s1. The quantitative estimate of drug-likeness (QED) is 0.236. The molecule has 2 atom stereocenters. The predicted octanol–water partition coefficient (Wildman–Crippen LogP) is 3.83. The first kappa shape index (κ1) is 26.8. The third kappa shape index (κ3) is 7.61. The van der Waals surface area contributed by atoms with Gasteiger partial charge in [0.05, 0.1) is 17.4 Å². The van der Waals surface area contributed by atoms with E-state index in [9.17, 15) is 19.7 Å². The SMILES string of the molecule is O=C(CC(c1ccccc1)N(C[C@@H]1CNCCN1)C(=O)Oc1ccc([N+](=O)[O-])cc1)OCc1ccccc1. The number of nitrogens with one attached hydrogen (secondary N) is 2. The van der Waals surface area contributed by atoms with Crippen LogP contribution < -0.4 is 15.4 Å². The van der Waals surface area contributed by atoms with E-state index in [1.807, 2.05) is 60.7 Å². The van der Waals surface area contributed by atoms with E-state index in [1.54, 1.807) is 0 Å². The molecule has 0 saturated carbocycles.